The van der Waals surface area contributed by atoms with Crippen molar-refractivity contribution in [3.8, 4) is 0 Å². The summed E-state index contributed by atoms with van der Waals surface area (Å²) in [5.74, 6) is 0.0880. The highest BCUT2D eigenvalue weighted by atomic mass is 16.6. The second-order valence-corrected chi connectivity index (χ2v) is 7.99. The fourth-order valence-electron chi connectivity index (χ4n) is 4.51. The van der Waals surface area contributed by atoms with Gasteiger partial charge in [0.25, 0.3) is 0 Å². The Bertz CT molecular complexity index is 621. The van der Waals surface area contributed by atoms with E-state index in [9.17, 15) is 4.79 Å². The molecule has 1 spiro atoms. The Balaban J connectivity index is 1.18. The number of cyclic esters (lactones) is 1. The molecule has 0 radical (unpaired) electrons. The molecule has 3 fully saturated rings. The molecule has 3 aliphatic rings. The number of rotatable bonds is 5. The third-order valence-corrected chi connectivity index (χ3v) is 6.25. The first-order chi connectivity index (χ1) is 12.1. The molecular weight excluding hydrogens is 314 g/mol. The second kappa shape index (κ2) is 6.94. The predicted molar refractivity (Wildman–Crippen MR) is 97.6 cm³/mol. The summed E-state index contributed by atoms with van der Waals surface area (Å²) in [5.41, 5.74) is 2.30. The number of hydrogen-bond donors (Lipinski definition) is 0. The molecule has 0 N–H and O–H groups in total. The van der Waals surface area contributed by atoms with Crippen molar-refractivity contribution < 1.29 is 9.53 Å². The van der Waals surface area contributed by atoms with Gasteiger partial charge >= 0.3 is 5.97 Å². The van der Waals surface area contributed by atoms with E-state index in [1.165, 1.54) is 12.1 Å². The molecule has 0 bridgehead atoms. The summed E-state index contributed by atoms with van der Waals surface area (Å²) in [6.07, 6.45) is 8.50. The molecule has 1 atom stereocenters. The molecule has 0 amide bonds. The summed E-state index contributed by atoms with van der Waals surface area (Å²) in [5, 5.41) is 0. The van der Waals surface area contributed by atoms with Crippen LogP contribution in [0.3, 0.4) is 0 Å². The quantitative estimate of drug-likeness (QED) is 0.769. The number of aryl methyl sites for hydroxylation is 1. The largest absolute Gasteiger partial charge is 0.462 e. The van der Waals surface area contributed by atoms with Crippen molar-refractivity contribution in [2.75, 3.05) is 37.6 Å². The average molecular weight is 343 g/mol. The zero-order valence-corrected chi connectivity index (χ0v) is 15.2. The maximum absolute atomic E-state index is 12.0. The maximum atomic E-state index is 12.0. The SMILES string of the molecule is Cc1cc(N2CCN(CCCC3CC4(CCC4)C(=O)O3)CC2)ccn1. The van der Waals surface area contributed by atoms with Crippen LogP contribution < -0.4 is 4.90 Å². The number of carbonyl (C=O) groups excluding carboxylic acids is 1. The molecule has 2 saturated heterocycles. The van der Waals surface area contributed by atoms with E-state index in [1.54, 1.807) is 0 Å². The lowest BCUT2D eigenvalue weighted by Gasteiger charge is -2.36. The number of anilines is 1. The summed E-state index contributed by atoms with van der Waals surface area (Å²) < 4.78 is 5.62. The van der Waals surface area contributed by atoms with Crippen LogP contribution in [0.1, 0.15) is 44.2 Å². The minimum Gasteiger partial charge on any atom is -0.462 e. The number of aromatic nitrogens is 1. The van der Waals surface area contributed by atoms with Crippen molar-refractivity contribution in [3.63, 3.8) is 0 Å². The lowest BCUT2D eigenvalue weighted by Crippen LogP contribution is -2.46. The van der Waals surface area contributed by atoms with Crippen LogP contribution in [-0.4, -0.2) is 54.7 Å². The van der Waals surface area contributed by atoms with E-state index in [2.05, 4.69) is 26.9 Å². The van der Waals surface area contributed by atoms with E-state index >= 15 is 0 Å². The maximum Gasteiger partial charge on any atom is 0.312 e. The summed E-state index contributed by atoms with van der Waals surface area (Å²) in [7, 11) is 0. The molecule has 2 aliphatic heterocycles. The third kappa shape index (κ3) is 3.52. The molecule has 1 unspecified atom stereocenters. The van der Waals surface area contributed by atoms with Crippen LogP contribution in [0.25, 0.3) is 0 Å². The van der Waals surface area contributed by atoms with Gasteiger partial charge in [-0.3, -0.25) is 14.7 Å². The molecule has 25 heavy (non-hydrogen) atoms. The number of hydrogen-bond acceptors (Lipinski definition) is 5. The van der Waals surface area contributed by atoms with Crippen molar-refractivity contribution in [2.45, 2.75) is 51.6 Å². The van der Waals surface area contributed by atoms with E-state index in [0.717, 1.165) is 70.5 Å². The van der Waals surface area contributed by atoms with Crippen LogP contribution in [0.2, 0.25) is 0 Å². The van der Waals surface area contributed by atoms with Gasteiger partial charge in [0.2, 0.25) is 0 Å². The Morgan fingerprint density at radius 2 is 2.08 bits per heavy atom. The van der Waals surface area contributed by atoms with Gasteiger partial charge in [0.05, 0.1) is 5.41 Å². The van der Waals surface area contributed by atoms with Gasteiger partial charge in [0.1, 0.15) is 6.10 Å². The van der Waals surface area contributed by atoms with Crippen LogP contribution in [0, 0.1) is 12.3 Å². The van der Waals surface area contributed by atoms with Crippen LogP contribution in [0.4, 0.5) is 5.69 Å². The molecular formula is C20H29N3O2. The lowest BCUT2D eigenvalue weighted by molar-refractivity contribution is -0.152. The molecule has 1 aromatic heterocycles. The Morgan fingerprint density at radius 1 is 1.28 bits per heavy atom. The van der Waals surface area contributed by atoms with E-state index in [1.807, 2.05) is 13.1 Å². The zero-order chi connectivity index (χ0) is 17.3. The average Bonchev–Trinajstić information content (AvgIpc) is 2.92. The Hall–Kier alpha value is -1.62. The number of pyridine rings is 1. The van der Waals surface area contributed by atoms with Crippen molar-refractivity contribution in [1.82, 2.24) is 9.88 Å². The Morgan fingerprint density at radius 3 is 2.72 bits per heavy atom. The highest BCUT2D eigenvalue weighted by Gasteiger charge is 2.52. The molecule has 1 aromatic rings. The molecule has 5 nitrogen and oxygen atoms in total. The van der Waals surface area contributed by atoms with Crippen LogP contribution in [0.5, 0.6) is 0 Å². The minimum absolute atomic E-state index is 0.0705. The van der Waals surface area contributed by atoms with Crippen LogP contribution >= 0.6 is 0 Å². The Labute approximate surface area is 150 Å². The monoisotopic (exact) mass is 343 g/mol. The molecule has 4 rings (SSSR count). The highest BCUT2D eigenvalue weighted by Crippen LogP contribution is 2.50. The van der Waals surface area contributed by atoms with Crippen molar-refractivity contribution in [3.05, 3.63) is 24.0 Å². The van der Waals surface area contributed by atoms with Gasteiger partial charge in [0, 0.05) is 50.2 Å². The fraction of sp³-hybridized carbons (Fsp3) is 0.700. The van der Waals surface area contributed by atoms with Gasteiger partial charge in [-0.2, -0.15) is 0 Å². The van der Waals surface area contributed by atoms with E-state index in [-0.39, 0.29) is 17.5 Å². The molecule has 136 valence electrons. The van der Waals surface area contributed by atoms with Crippen molar-refractivity contribution in [2.24, 2.45) is 5.41 Å². The van der Waals surface area contributed by atoms with E-state index in [0.29, 0.717) is 0 Å². The smallest absolute Gasteiger partial charge is 0.312 e. The predicted octanol–water partition coefficient (Wildman–Crippen LogP) is 2.78. The van der Waals surface area contributed by atoms with Gasteiger partial charge in [-0.15, -0.1) is 0 Å². The lowest BCUT2D eigenvalue weighted by atomic mass is 9.67. The number of carbonyl (C=O) groups is 1. The highest BCUT2D eigenvalue weighted by molar-refractivity contribution is 5.80. The molecule has 0 aromatic carbocycles. The summed E-state index contributed by atoms with van der Waals surface area (Å²) >= 11 is 0. The van der Waals surface area contributed by atoms with E-state index in [4.69, 9.17) is 4.74 Å². The molecule has 3 heterocycles. The zero-order valence-electron chi connectivity index (χ0n) is 15.2. The van der Waals surface area contributed by atoms with Crippen molar-refractivity contribution in [1.29, 1.82) is 0 Å². The Kier molecular flexibility index (Phi) is 4.67. The summed E-state index contributed by atoms with van der Waals surface area (Å²) in [6, 6.07) is 4.27. The topological polar surface area (TPSA) is 45.7 Å². The molecule has 5 heteroatoms. The normalized spacial score (nSPS) is 25.9. The minimum atomic E-state index is -0.0705. The molecule has 1 saturated carbocycles. The summed E-state index contributed by atoms with van der Waals surface area (Å²) in [4.78, 5) is 21.3. The van der Waals surface area contributed by atoms with Gasteiger partial charge in [-0.1, -0.05) is 6.42 Å². The number of esters is 1. The first-order valence-electron chi connectivity index (χ1n) is 9.76. The van der Waals surface area contributed by atoms with Crippen LogP contribution in [-0.2, 0) is 9.53 Å². The van der Waals surface area contributed by atoms with Gasteiger partial charge < -0.3 is 9.64 Å². The number of piperazine rings is 1. The number of nitrogens with zero attached hydrogens (tertiary/aromatic N) is 3. The first kappa shape index (κ1) is 16.8. The number of ether oxygens (including phenoxy) is 1. The van der Waals surface area contributed by atoms with Crippen LogP contribution in [0.15, 0.2) is 18.3 Å². The van der Waals surface area contributed by atoms with Gasteiger partial charge in [-0.25, -0.2) is 0 Å². The summed E-state index contributed by atoms with van der Waals surface area (Å²) in [6.45, 7) is 7.52. The standard InChI is InChI=1S/C20H29N3O2/c1-16-14-17(5-8-21-16)23-12-10-22(11-13-23)9-2-4-18-15-20(6-3-7-20)19(24)25-18/h5,8,14,18H,2-4,6-7,9-13,15H2,1H3. The van der Waals surface area contributed by atoms with E-state index < -0.39 is 0 Å². The first-order valence-corrected chi connectivity index (χ1v) is 9.76. The fourth-order valence-corrected chi connectivity index (χ4v) is 4.51. The van der Waals surface area contributed by atoms with Gasteiger partial charge in [-0.05, 0) is 51.3 Å². The third-order valence-electron chi connectivity index (χ3n) is 6.25. The molecule has 1 aliphatic carbocycles. The second-order valence-electron chi connectivity index (χ2n) is 7.99. The van der Waals surface area contributed by atoms with Gasteiger partial charge in [0.15, 0.2) is 0 Å². The van der Waals surface area contributed by atoms with Crippen molar-refractivity contribution >= 4 is 11.7 Å².